The van der Waals surface area contributed by atoms with Gasteiger partial charge in [-0.25, -0.2) is 0 Å². The second kappa shape index (κ2) is 10.0. The van der Waals surface area contributed by atoms with Crippen LogP contribution in [0.1, 0.15) is 35.7 Å². The quantitative estimate of drug-likeness (QED) is 0.328. The Labute approximate surface area is 197 Å². The molecule has 4 N–H and O–H groups in total. The molecule has 4 aromatic rings. The van der Waals surface area contributed by atoms with Gasteiger partial charge in [0, 0.05) is 6.04 Å². The number of halogens is 2. The molecule has 0 aliphatic carbocycles. The van der Waals surface area contributed by atoms with Crippen molar-refractivity contribution >= 4 is 41.1 Å². The molecule has 0 amide bonds. The molecule has 1 unspecified atom stereocenters. The van der Waals surface area contributed by atoms with Gasteiger partial charge in [-0.1, -0.05) is 78.3 Å². The van der Waals surface area contributed by atoms with Crippen molar-refractivity contribution in [1.29, 1.82) is 0 Å². The maximum Gasteiger partial charge on any atom is 0.253 e. The molecule has 0 aliphatic rings. The van der Waals surface area contributed by atoms with E-state index in [-0.39, 0.29) is 35.9 Å². The molecule has 0 radical (unpaired) electrons. The highest BCUT2D eigenvalue weighted by atomic mass is 35.5. The minimum Gasteiger partial charge on any atom is -0.394 e. The fraction of sp³-hybridized carbons (Fsp3) is 0.120. The van der Waals surface area contributed by atoms with E-state index in [1.807, 2.05) is 48.5 Å². The van der Waals surface area contributed by atoms with E-state index >= 15 is 0 Å². The fourth-order valence-corrected chi connectivity index (χ4v) is 3.77. The molecule has 0 aliphatic heterocycles. The van der Waals surface area contributed by atoms with E-state index in [0.717, 1.165) is 11.1 Å². The van der Waals surface area contributed by atoms with Crippen LogP contribution in [0, 0.1) is 0 Å². The van der Waals surface area contributed by atoms with Gasteiger partial charge < -0.3 is 11.1 Å². The molecule has 0 bridgehead atoms. The largest absolute Gasteiger partial charge is 0.394 e. The van der Waals surface area contributed by atoms with Gasteiger partial charge in [0.2, 0.25) is 0 Å². The summed E-state index contributed by atoms with van der Waals surface area (Å²) in [6.45, 7) is 2.12. The van der Waals surface area contributed by atoms with Gasteiger partial charge in [-0.3, -0.25) is 14.9 Å². The zero-order valence-corrected chi connectivity index (χ0v) is 18.9. The van der Waals surface area contributed by atoms with Crippen molar-refractivity contribution in [2.24, 2.45) is 0 Å². The molecule has 4 aromatic carbocycles. The summed E-state index contributed by atoms with van der Waals surface area (Å²) < 4.78 is 0. The number of anilines is 3. The zero-order valence-electron chi connectivity index (χ0n) is 17.3. The lowest BCUT2D eigenvalue weighted by molar-refractivity contribution is 0.516. The second-order valence-corrected chi connectivity index (χ2v) is 7.86. The Balaban J connectivity index is 0.00000289. The van der Waals surface area contributed by atoms with Gasteiger partial charge in [-0.05, 0) is 35.7 Å². The van der Waals surface area contributed by atoms with E-state index in [2.05, 4.69) is 41.8 Å². The van der Waals surface area contributed by atoms with Gasteiger partial charge in [0.15, 0.2) is 0 Å². The Bertz CT molecular complexity index is 1270. The standard InChI is InChI=1S/C25H22ClN3O2.ClH/c1-15(16-8-4-2-5-9-16)28-22(17-10-6-3-7-11-17)18-12-13-19(26)20(14-18)29-23-21(27)24(30)25(23)31;/h2-15,22,28-29H,27H2,1H3;1H/t15-,22?;/m0./s1. The van der Waals surface area contributed by atoms with E-state index in [4.69, 9.17) is 17.3 Å². The summed E-state index contributed by atoms with van der Waals surface area (Å²) >= 11 is 6.36. The van der Waals surface area contributed by atoms with Crippen LogP contribution in [0.2, 0.25) is 5.02 Å². The minimum atomic E-state index is -0.671. The smallest absolute Gasteiger partial charge is 0.253 e. The highest BCUT2D eigenvalue weighted by Crippen LogP contribution is 2.33. The third-order valence-electron chi connectivity index (χ3n) is 5.38. The molecular weight excluding hydrogens is 445 g/mol. The molecule has 0 aromatic heterocycles. The van der Waals surface area contributed by atoms with E-state index in [9.17, 15) is 9.59 Å². The molecule has 164 valence electrons. The summed E-state index contributed by atoms with van der Waals surface area (Å²) in [4.78, 5) is 23.3. The monoisotopic (exact) mass is 467 g/mol. The lowest BCUT2D eigenvalue weighted by atomic mass is 9.96. The topological polar surface area (TPSA) is 84.2 Å². The number of hydrogen-bond acceptors (Lipinski definition) is 5. The van der Waals surface area contributed by atoms with Gasteiger partial charge in [0.25, 0.3) is 10.9 Å². The lowest BCUT2D eigenvalue weighted by Crippen LogP contribution is -2.36. The molecule has 4 rings (SSSR count). The van der Waals surface area contributed by atoms with Gasteiger partial charge in [-0.2, -0.15) is 0 Å². The van der Waals surface area contributed by atoms with Crippen molar-refractivity contribution in [1.82, 2.24) is 5.32 Å². The number of nitrogen functional groups attached to an aromatic ring is 1. The van der Waals surface area contributed by atoms with Crippen molar-refractivity contribution in [3.05, 3.63) is 121 Å². The Morgan fingerprint density at radius 2 is 1.41 bits per heavy atom. The highest BCUT2D eigenvalue weighted by molar-refractivity contribution is 6.33. The zero-order chi connectivity index (χ0) is 22.0. The fourth-order valence-electron chi connectivity index (χ4n) is 3.60. The van der Waals surface area contributed by atoms with Gasteiger partial charge in [0.1, 0.15) is 11.4 Å². The first kappa shape index (κ1) is 23.5. The summed E-state index contributed by atoms with van der Waals surface area (Å²) in [5.41, 5.74) is 8.13. The van der Waals surface area contributed by atoms with Crippen LogP contribution in [-0.4, -0.2) is 0 Å². The van der Waals surface area contributed by atoms with E-state index in [1.165, 1.54) is 5.56 Å². The molecule has 32 heavy (non-hydrogen) atoms. The van der Waals surface area contributed by atoms with Crippen LogP contribution >= 0.6 is 24.0 Å². The predicted octanol–water partition coefficient (Wildman–Crippen LogP) is 5.12. The van der Waals surface area contributed by atoms with Crippen molar-refractivity contribution in [2.75, 3.05) is 11.1 Å². The molecule has 0 saturated heterocycles. The van der Waals surface area contributed by atoms with Crippen molar-refractivity contribution in [3.63, 3.8) is 0 Å². The van der Waals surface area contributed by atoms with Crippen LogP contribution in [0.4, 0.5) is 17.1 Å². The van der Waals surface area contributed by atoms with E-state index < -0.39 is 10.9 Å². The molecule has 2 atom stereocenters. The van der Waals surface area contributed by atoms with Gasteiger partial charge in [-0.15, -0.1) is 12.4 Å². The predicted molar refractivity (Wildman–Crippen MR) is 134 cm³/mol. The average Bonchev–Trinajstić information content (AvgIpc) is 2.82. The highest BCUT2D eigenvalue weighted by Gasteiger charge is 2.21. The molecule has 5 nitrogen and oxygen atoms in total. The Morgan fingerprint density at radius 1 is 0.812 bits per heavy atom. The molecule has 0 heterocycles. The molecule has 0 saturated carbocycles. The normalized spacial score (nSPS) is 12.7. The van der Waals surface area contributed by atoms with Crippen LogP contribution in [-0.2, 0) is 0 Å². The molecular formula is C25H23Cl2N3O2. The number of nitrogens with two attached hydrogens (primary N) is 1. The molecule has 0 fully saturated rings. The van der Waals surface area contributed by atoms with Crippen molar-refractivity contribution in [2.45, 2.75) is 19.0 Å². The van der Waals surface area contributed by atoms with Gasteiger partial charge in [0.05, 0.1) is 16.8 Å². The van der Waals surface area contributed by atoms with Gasteiger partial charge >= 0.3 is 0 Å². The maximum absolute atomic E-state index is 11.8. The van der Waals surface area contributed by atoms with Crippen molar-refractivity contribution in [3.8, 4) is 0 Å². The Kier molecular flexibility index (Phi) is 7.36. The van der Waals surface area contributed by atoms with E-state index in [0.29, 0.717) is 10.7 Å². The summed E-state index contributed by atoms with van der Waals surface area (Å²) in [6.07, 6.45) is 0. The number of hydrogen-bond donors (Lipinski definition) is 3. The van der Waals surface area contributed by atoms with Crippen LogP contribution in [0.25, 0.3) is 0 Å². The maximum atomic E-state index is 11.8. The average molecular weight is 468 g/mol. The van der Waals surface area contributed by atoms with Crippen molar-refractivity contribution < 1.29 is 0 Å². The third kappa shape index (κ3) is 4.70. The number of nitrogens with one attached hydrogen (secondary N) is 2. The first-order chi connectivity index (χ1) is 15.0. The first-order valence-electron chi connectivity index (χ1n) is 9.97. The minimum absolute atomic E-state index is 0. The molecule has 0 spiro atoms. The number of benzene rings is 3. The number of rotatable bonds is 7. The Hall–Kier alpha value is -3.12. The van der Waals surface area contributed by atoms with Crippen LogP contribution in [0.15, 0.2) is 88.5 Å². The SMILES string of the molecule is C[C@H](NC(c1ccccc1)c1ccc(Cl)c(Nc2c(N)c(=O)c2=O)c1)c1ccccc1.Cl. The van der Waals surface area contributed by atoms with E-state index in [1.54, 1.807) is 6.07 Å². The van der Waals surface area contributed by atoms with Crippen LogP contribution in [0.3, 0.4) is 0 Å². The lowest BCUT2D eigenvalue weighted by Gasteiger charge is -2.25. The van der Waals surface area contributed by atoms with Crippen LogP contribution in [0.5, 0.6) is 0 Å². The second-order valence-electron chi connectivity index (χ2n) is 7.45. The summed E-state index contributed by atoms with van der Waals surface area (Å²) in [7, 11) is 0. The molecule has 7 heteroatoms. The summed E-state index contributed by atoms with van der Waals surface area (Å²) in [5.74, 6) is 0. The Morgan fingerprint density at radius 3 is 2.00 bits per heavy atom. The summed E-state index contributed by atoms with van der Waals surface area (Å²) in [6, 6.07) is 25.8. The first-order valence-corrected chi connectivity index (χ1v) is 10.3. The van der Waals surface area contributed by atoms with Crippen LogP contribution < -0.4 is 27.2 Å². The third-order valence-corrected chi connectivity index (χ3v) is 5.71. The summed E-state index contributed by atoms with van der Waals surface area (Å²) in [5, 5.41) is 7.05.